The van der Waals surface area contributed by atoms with E-state index in [0.29, 0.717) is 19.4 Å². The number of aliphatic hydroxyl groups is 1. The Balaban J connectivity index is 1.60. The number of esters is 1. The van der Waals surface area contributed by atoms with Gasteiger partial charge in [-0.25, -0.2) is 14.4 Å². The number of methoxy groups -OCH3 is 1. The average molecular weight is 678 g/mol. The lowest BCUT2D eigenvalue weighted by Crippen LogP contribution is -2.57. The molecule has 3 rings (SSSR count). The fourth-order valence-electron chi connectivity index (χ4n) is 6.11. The molecule has 0 radical (unpaired) electrons. The van der Waals surface area contributed by atoms with E-state index in [1.54, 1.807) is 20.8 Å². The number of alkyl carbamates (subject to hydrolysis) is 1. The van der Waals surface area contributed by atoms with Gasteiger partial charge in [-0.3, -0.25) is 19.7 Å². The zero-order chi connectivity index (χ0) is 35.8. The lowest BCUT2D eigenvalue weighted by molar-refractivity contribution is -0.384. The van der Waals surface area contributed by atoms with Gasteiger partial charge >= 0.3 is 18.2 Å². The maximum absolute atomic E-state index is 13.8. The number of nitro benzene ring substituents is 1. The summed E-state index contributed by atoms with van der Waals surface area (Å²) in [6, 6.07) is 2.10. The molecular formula is C32H47N5O11. The Kier molecular flexibility index (Phi) is 12.7. The number of hydrogen-bond donors (Lipinski definition) is 4. The highest BCUT2D eigenvalue weighted by molar-refractivity contribution is 5.94. The summed E-state index contributed by atoms with van der Waals surface area (Å²) in [4.78, 5) is 76.6. The number of piperidine rings is 1. The number of aliphatic hydroxyl groups excluding tert-OH is 1. The molecule has 0 aromatic heterocycles. The molecule has 1 aliphatic heterocycles. The first-order valence-corrected chi connectivity index (χ1v) is 16.0. The van der Waals surface area contributed by atoms with Crippen LogP contribution < -0.4 is 20.7 Å². The summed E-state index contributed by atoms with van der Waals surface area (Å²) in [5.41, 5.74) is -1.15. The number of rotatable bonds is 15. The van der Waals surface area contributed by atoms with Crippen molar-refractivity contribution in [3.63, 3.8) is 0 Å². The van der Waals surface area contributed by atoms with Crippen LogP contribution in [0.5, 0.6) is 5.75 Å². The van der Waals surface area contributed by atoms with Crippen molar-refractivity contribution in [2.45, 2.75) is 90.4 Å². The molecule has 2 fully saturated rings. The van der Waals surface area contributed by atoms with Crippen LogP contribution in [-0.2, 0) is 23.9 Å². The van der Waals surface area contributed by atoms with E-state index in [1.165, 1.54) is 36.3 Å². The second kappa shape index (κ2) is 16.1. The van der Waals surface area contributed by atoms with Crippen LogP contribution in [0.25, 0.3) is 0 Å². The summed E-state index contributed by atoms with van der Waals surface area (Å²) < 4.78 is 15.4. The van der Waals surface area contributed by atoms with E-state index in [2.05, 4.69) is 16.0 Å². The van der Waals surface area contributed by atoms with Crippen molar-refractivity contribution in [1.82, 2.24) is 20.9 Å². The number of carbonyl (C=O) groups excluding carboxylic acids is 5. The molecule has 266 valence electrons. The van der Waals surface area contributed by atoms with Crippen LogP contribution in [0.1, 0.15) is 66.7 Å². The molecule has 1 heterocycles. The molecule has 16 heteroatoms. The van der Waals surface area contributed by atoms with Crippen molar-refractivity contribution < 1.29 is 48.2 Å². The van der Waals surface area contributed by atoms with Crippen LogP contribution >= 0.6 is 0 Å². The minimum absolute atomic E-state index is 0.0469. The van der Waals surface area contributed by atoms with E-state index in [0.717, 1.165) is 0 Å². The number of nitrogens with zero attached hydrogens (tertiary/aromatic N) is 2. The number of carbonyl (C=O) groups is 5. The van der Waals surface area contributed by atoms with Crippen molar-refractivity contribution in [1.29, 1.82) is 0 Å². The van der Waals surface area contributed by atoms with Crippen LogP contribution in [-0.4, -0.2) is 95.4 Å². The zero-order valence-corrected chi connectivity index (χ0v) is 28.3. The third-order valence-corrected chi connectivity index (χ3v) is 8.65. The molecule has 2 aliphatic rings. The van der Waals surface area contributed by atoms with Gasteiger partial charge in [-0.2, -0.15) is 0 Å². The van der Waals surface area contributed by atoms with Gasteiger partial charge in [0.1, 0.15) is 29.5 Å². The smallest absolute Gasteiger partial charge is 0.412 e. The molecule has 16 nitrogen and oxygen atoms in total. The van der Waals surface area contributed by atoms with E-state index < -0.39 is 58.6 Å². The molecule has 5 atom stereocenters. The van der Waals surface area contributed by atoms with Crippen molar-refractivity contribution in [2.75, 3.05) is 26.8 Å². The maximum atomic E-state index is 13.8. The fourth-order valence-corrected chi connectivity index (χ4v) is 6.11. The van der Waals surface area contributed by atoms with Gasteiger partial charge in [-0.15, -0.1) is 0 Å². The number of benzene rings is 1. The van der Waals surface area contributed by atoms with Crippen LogP contribution in [0, 0.1) is 27.4 Å². The van der Waals surface area contributed by atoms with Gasteiger partial charge < -0.3 is 40.2 Å². The highest BCUT2D eigenvalue weighted by Gasteiger charge is 2.69. The number of non-ortho nitro benzene ring substituents is 1. The van der Waals surface area contributed by atoms with Crippen LogP contribution in [0.3, 0.4) is 0 Å². The summed E-state index contributed by atoms with van der Waals surface area (Å²) in [6.07, 6.45) is -0.146. The first-order chi connectivity index (χ1) is 22.5. The molecule has 1 saturated heterocycles. The third kappa shape index (κ3) is 10.0. The molecule has 4 N–H and O–H groups in total. The molecule has 1 aromatic carbocycles. The Hall–Kier alpha value is -4.47. The predicted molar refractivity (Wildman–Crippen MR) is 171 cm³/mol. The lowest BCUT2D eigenvalue weighted by Gasteiger charge is -2.34. The molecule has 1 aromatic rings. The third-order valence-electron chi connectivity index (χ3n) is 8.65. The number of nitrogens with one attached hydrogen (secondary N) is 3. The number of ether oxygens (including phenoxy) is 3. The summed E-state index contributed by atoms with van der Waals surface area (Å²) >= 11 is 0. The Bertz CT molecular complexity index is 1340. The summed E-state index contributed by atoms with van der Waals surface area (Å²) in [6.45, 7) is 9.41. The van der Waals surface area contributed by atoms with Gasteiger partial charge in [-0.05, 0) is 82.3 Å². The maximum Gasteiger partial charge on any atom is 0.412 e. The molecule has 0 spiro atoms. The van der Waals surface area contributed by atoms with Gasteiger partial charge in [0.2, 0.25) is 11.8 Å². The first kappa shape index (κ1) is 38.0. The van der Waals surface area contributed by atoms with Crippen LogP contribution in [0.2, 0.25) is 0 Å². The molecule has 48 heavy (non-hydrogen) atoms. The number of amides is 4. The van der Waals surface area contributed by atoms with E-state index in [4.69, 9.17) is 14.2 Å². The largest absolute Gasteiger partial charge is 0.467 e. The average Bonchev–Trinajstić information content (AvgIpc) is 3.32. The van der Waals surface area contributed by atoms with Crippen LogP contribution in [0.4, 0.5) is 15.3 Å². The van der Waals surface area contributed by atoms with Crippen molar-refractivity contribution in [3.05, 3.63) is 34.4 Å². The number of nitro groups is 1. The van der Waals surface area contributed by atoms with E-state index in [9.17, 15) is 39.2 Å². The van der Waals surface area contributed by atoms with Gasteiger partial charge in [0.05, 0.1) is 12.0 Å². The van der Waals surface area contributed by atoms with Gasteiger partial charge in [-0.1, -0.05) is 13.8 Å². The summed E-state index contributed by atoms with van der Waals surface area (Å²) in [5.74, 6) is -1.63. The normalized spacial score (nSPS) is 20.4. The summed E-state index contributed by atoms with van der Waals surface area (Å²) in [7, 11) is 1.21. The SMILES string of the molecule is COC(=O)[C@H](CCCCNC(=O)Oc1ccc([N+](=O)[O-])cc1)NC(=O)[C@@H]1C2C(CN1C(=O)[C@H](CCCO)NC(=O)OC(C)(C)C)C2(C)C. The highest BCUT2D eigenvalue weighted by Crippen LogP contribution is 2.65. The molecule has 2 unspecified atom stereocenters. The molecule has 1 saturated carbocycles. The Morgan fingerprint density at radius 3 is 2.25 bits per heavy atom. The van der Waals surface area contributed by atoms with Crippen molar-refractivity contribution >= 4 is 35.7 Å². The molecule has 4 amide bonds. The quantitative estimate of drug-likeness (QED) is 0.0916. The van der Waals surface area contributed by atoms with Crippen LogP contribution in [0.15, 0.2) is 24.3 Å². The second-order valence-corrected chi connectivity index (χ2v) is 13.6. The topological polar surface area (TPSA) is 216 Å². The first-order valence-electron chi connectivity index (χ1n) is 16.0. The standard InChI is InChI=1S/C32H47N5O11/c1-31(2,3)48-30(43)35-22(11-9-17-38)27(40)36-18-21-24(32(21,4)5)25(36)26(39)34-23(28(41)46-6)10-7-8-16-33-29(42)47-20-14-12-19(13-15-20)37(44)45/h12-15,21-25,38H,7-11,16-18H2,1-6H3,(H,33,42)(H,34,39)(H,35,43)/t21?,22-,23-,24?,25-/m0/s1. The van der Waals surface area contributed by atoms with Crippen molar-refractivity contribution in [2.24, 2.45) is 17.3 Å². The Labute approximate surface area is 279 Å². The molecule has 0 bridgehead atoms. The zero-order valence-electron chi connectivity index (χ0n) is 28.3. The molecule has 1 aliphatic carbocycles. The second-order valence-electron chi connectivity index (χ2n) is 13.6. The van der Waals surface area contributed by atoms with E-state index in [1.807, 2.05) is 13.8 Å². The van der Waals surface area contributed by atoms with E-state index >= 15 is 0 Å². The van der Waals surface area contributed by atoms with Gasteiger partial charge in [0, 0.05) is 31.8 Å². The minimum Gasteiger partial charge on any atom is -0.467 e. The predicted octanol–water partition coefficient (Wildman–Crippen LogP) is 2.66. The fraction of sp³-hybridized carbons (Fsp3) is 0.656. The Morgan fingerprint density at radius 1 is 1.02 bits per heavy atom. The van der Waals surface area contributed by atoms with Gasteiger partial charge in [0.25, 0.3) is 5.69 Å². The number of unbranched alkanes of at least 4 members (excludes halogenated alkanes) is 1. The Morgan fingerprint density at radius 2 is 1.67 bits per heavy atom. The van der Waals surface area contributed by atoms with Gasteiger partial charge in [0.15, 0.2) is 0 Å². The number of likely N-dealkylation sites (tertiary alicyclic amines) is 1. The summed E-state index contributed by atoms with van der Waals surface area (Å²) in [5, 5.41) is 28.1. The minimum atomic E-state index is -1.03. The lowest BCUT2D eigenvalue weighted by atomic mass is 9.98. The number of hydrogen-bond acceptors (Lipinski definition) is 11. The monoisotopic (exact) mass is 677 g/mol. The molecular weight excluding hydrogens is 630 g/mol. The highest BCUT2D eigenvalue weighted by atomic mass is 16.6. The van der Waals surface area contributed by atoms with Crippen molar-refractivity contribution in [3.8, 4) is 5.75 Å². The number of fused-ring (bicyclic) bond motifs is 1. The van der Waals surface area contributed by atoms with E-state index in [-0.39, 0.29) is 61.1 Å².